The van der Waals surface area contributed by atoms with Crippen LogP contribution in [0.2, 0.25) is 0 Å². The van der Waals surface area contributed by atoms with Gasteiger partial charge in [0.1, 0.15) is 0 Å². The highest BCUT2D eigenvalue weighted by Crippen LogP contribution is 2.40. The molecule has 0 bridgehead atoms. The Hall–Kier alpha value is -1.63. The number of thioether (sulfide) groups is 1. The van der Waals surface area contributed by atoms with E-state index in [0.717, 1.165) is 5.69 Å². The summed E-state index contributed by atoms with van der Waals surface area (Å²) in [6.45, 7) is 0.398. The summed E-state index contributed by atoms with van der Waals surface area (Å²) in [5.74, 6) is 0. The minimum atomic E-state index is -4.29. The highest BCUT2D eigenvalue weighted by Gasteiger charge is 2.30. The molecule has 18 heavy (non-hydrogen) atoms. The Labute approximate surface area is 106 Å². The SMILES string of the molecule is FC(F)(F)Sc1ccccc1NCc1ccn[nH]1. The van der Waals surface area contributed by atoms with Gasteiger partial charge in [0.15, 0.2) is 0 Å². The number of rotatable bonds is 4. The average molecular weight is 273 g/mol. The summed E-state index contributed by atoms with van der Waals surface area (Å²) in [5.41, 5.74) is -3.03. The highest BCUT2D eigenvalue weighted by molar-refractivity contribution is 8.00. The number of halogens is 3. The molecule has 0 atom stereocenters. The fraction of sp³-hybridized carbons (Fsp3) is 0.182. The molecule has 0 aliphatic carbocycles. The molecule has 0 amide bonds. The number of aromatic amines is 1. The largest absolute Gasteiger partial charge is 0.446 e. The maximum Gasteiger partial charge on any atom is 0.446 e. The van der Waals surface area contributed by atoms with Gasteiger partial charge in [0, 0.05) is 16.8 Å². The molecule has 2 rings (SSSR count). The number of anilines is 1. The number of benzene rings is 1. The van der Waals surface area contributed by atoms with Gasteiger partial charge < -0.3 is 5.32 Å². The third-order valence-corrected chi connectivity index (χ3v) is 2.95. The molecular weight excluding hydrogens is 263 g/mol. The standard InChI is InChI=1S/C11H10F3N3S/c12-11(13,14)18-10-4-2-1-3-9(10)15-7-8-5-6-16-17-8/h1-6,15H,7H2,(H,16,17). The van der Waals surface area contributed by atoms with E-state index in [1.807, 2.05) is 0 Å². The molecule has 2 aromatic rings. The van der Waals surface area contributed by atoms with Crippen LogP contribution in [0.15, 0.2) is 41.4 Å². The van der Waals surface area contributed by atoms with Crippen molar-refractivity contribution in [1.29, 1.82) is 0 Å². The van der Waals surface area contributed by atoms with Crippen molar-refractivity contribution < 1.29 is 13.2 Å². The van der Waals surface area contributed by atoms with Crippen molar-refractivity contribution in [3.63, 3.8) is 0 Å². The van der Waals surface area contributed by atoms with Crippen LogP contribution in [0.25, 0.3) is 0 Å². The van der Waals surface area contributed by atoms with E-state index < -0.39 is 5.51 Å². The Kier molecular flexibility index (Phi) is 3.81. The first kappa shape index (κ1) is 12.8. The number of alkyl halides is 3. The van der Waals surface area contributed by atoms with E-state index in [-0.39, 0.29) is 16.7 Å². The van der Waals surface area contributed by atoms with Gasteiger partial charge in [-0.25, -0.2) is 0 Å². The van der Waals surface area contributed by atoms with Gasteiger partial charge in [-0.3, -0.25) is 5.10 Å². The maximum absolute atomic E-state index is 12.4. The third kappa shape index (κ3) is 3.69. The molecule has 7 heteroatoms. The smallest absolute Gasteiger partial charge is 0.379 e. The van der Waals surface area contributed by atoms with Gasteiger partial charge in [0.25, 0.3) is 0 Å². The van der Waals surface area contributed by atoms with E-state index in [1.54, 1.807) is 30.5 Å². The van der Waals surface area contributed by atoms with Crippen molar-refractivity contribution in [2.45, 2.75) is 16.9 Å². The molecule has 0 spiro atoms. The summed E-state index contributed by atoms with van der Waals surface area (Å²) < 4.78 is 37.1. The molecule has 96 valence electrons. The topological polar surface area (TPSA) is 40.7 Å². The second kappa shape index (κ2) is 5.34. The minimum absolute atomic E-state index is 0.124. The lowest BCUT2D eigenvalue weighted by Crippen LogP contribution is -2.04. The monoisotopic (exact) mass is 273 g/mol. The Morgan fingerprint density at radius 1 is 1.22 bits per heavy atom. The summed E-state index contributed by atoms with van der Waals surface area (Å²) >= 11 is -0.124. The van der Waals surface area contributed by atoms with Crippen LogP contribution in [-0.2, 0) is 6.54 Å². The molecule has 0 fully saturated rings. The lowest BCUT2D eigenvalue weighted by molar-refractivity contribution is -0.0327. The molecule has 2 N–H and O–H groups in total. The predicted octanol–water partition coefficient (Wildman–Crippen LogP) is 3.63. The molecule has 0 unspecified atom stereocenters. The Bertz CT molecular complexity index is 496. The van der Waals surface area contributed by atoms with Crippen LogP contribution in [0.3, 0.4) is 0 Å². The number of hydrogen-bond acceptors (Lipinski definition) is 3. The molecular formula is C11H10F3N3S. The van der Waals surface area contributed by atoms with Crippen molar-refractivity contribution in [2.24, 2.45) is 0 Å². The van der Waals surface area contributed by atoms with Crippen LogP contribution in [0.1, 0.15) is 5.69 Å². The van der Waals surface area contributed by atoms with Gasteiger partial charge in [-0.05, 0) is 30.0 Å². The fourth-order valence-electron chi connectivity index (χ4n) is 1.40. The Morgan fingerprint density at radius 3 is 2.67 bits per heavy atom. The molecule has 0 aliphatic rings. The van der Waals surface area contributed by atoms with Crippen molar-refractivity contribution in [3.8, 4) is 0 Å². The van der Waals surface area contributed by atoms with Crippen LogP contribution in [0, 0.1) is 0 Å². The summed E-state index contributed by atoms with van der Waals surface area (Å²) in [5, 5.41) is 9.45. The zero-order valence-corrected chi connectivity index (χ0v) is 9.98. The van der Waals surface area contributed by atoms with Crippen LogP contribution >= 0.6 is 11.8 Å². The van der Waals surface area contributed by atoms with E-state index in [2.05, 4.69) is 15.5 Å². The normalized spacial score (nSPS) is 11.5. The number of nitrogens with zero attached hydrogens (tertiary/aromatic N) is 1. The second-order valence-electron chi connectivity index (χ2n) is 3.48. The van der Waals surface area contributed by atoms with E-state index in [4.69, 9.17) is 0 Å². The highest BCUT2D eigenvalue weighted by atomic mass is 32.2. The van der Waals surface area contributed by atoms with Crippen LogP contribution in [0.4, 0.5) is 18.9 Å². The molecule has 1 aromatic heterocycles. The van der Waals surface area contributed by atoms with Gasteiger partial charge in [-0.2, -0.15) is 18.3 Å². The van der Waals surface area contributed by atoms with Gasteiger partial charge in [0.05, 0.1) is 12.2 Å². The first-order valence-electron chi connectivity index (χ1n) is 5.11. The minimum Gasteiger partial charge on any atom is -0.379 e. The Morgan fingerprint density at radius 2 is 2.00 bits per heavy atom. The quantitative estimate of drug-likeness (QED) is 0.836. The summed E-state index contributed by atoms with van der Waals surface area (Å²) in [7, 11) is 0. The van der Waals surface area contributed by atoms with Crippen molar-refractivity contribution >= 4 is 17.4 Å². The first-order chi connectivity index (χ1) is 8.54. The number of aromatic nitrogens is 2. The predicted molar refractivity (Wildman–Crippen MR) is 64.3 cm³/mol. The Balaban J connectivity index is 2.07. The maximum atomic E-state index is 12.4. The number of H-pyrrole nitrogens is 1. The lowest BCUT2D eigenvalue weighted by Gasteiger charge is -2.12. The second-order valence-corrected chi connectivity index (χ2v) is 4.59. The van der Waals surface area contributed by atoms with Gasteiger partial charge in [0.2, 0.25) is 0 Å². The number of para-hydroxylation sites is 1. The molecule has 0 saturated carbocycles. The van der Waals surface area contributed by atoms with E-state index in [9.17, 15) is 13.2 Å². The fourth-order valence-corrected chi connectivity index (χ4v) is 2.05. The summed E-state index contributed by atoms with van der Waals surface area (Å²) in [6.07, 6.45) is 1.59. The van der Waals surface area contributed by atoms with E-state index in [1.165, 1.54) is 6.07 Å². The zero-order chi connectivity index (χ0) is 13.0. The van der Waals surface area contributed by atoms with Crippen LogP contribution in [0.5, 0.6) is 0 Å². The molecule has 3 nitrogen and oxygen atoms in total. The molecule has 0 radical (unpaired) electrons. The molecule has 1 heterocycles. The average Bonchev–Trinajstić information content (AvgIpc) is 2.79. The van der Waals surface area contributed by atoms with Crippen molar-refractivity contribution in [2.75, 3.05) is 5.32 Å². The molecule has 0 saturated heterocycles. The summed E-state index contributed by atoms with van der Waals surface area (Å²) in [4.78, 5) is 0.157. The van der Waals surface area contributed by atoms with Gasteiger partial charge in [-0.1, -0.05) is 12.1 Å². The number of hydrogen-bond donors (Lipinski definition) is 2. The van der Waals surface area contributed by atoms with Crippen LogP contribution in [-0.4, -0.2) is 15.7 Å². The van der Waals surface area contributed by atoms with Crippen molar-refractivity contribution in [3.05, 3.63) is 42.2 Å². The van der Waals surface area contributed by atoms with Gasteiger partial charge in [-0.15, -0.1) is 0 Å². The molecule has 1 aromatic carbocycles. The summed E-state index contributed by atoms with van der Waals surface area (Å²) in [6, 6.07) is 8.08. The lowest BCUT2D eigenvalue weighted by atomic mass is 10.3. The van der Waals surface area contributed by atoms with Gasteiger partial charge >= 0.3 is 5.51 Å². The van der Waals surface area contributed by atoms with Crippen molar-refractivity contribution in [1.82, 2.24) is 10.2 Å². The van der Waals surface area contributed by atoms with Crippen LogP contribution < -0.4 is 5.32 Å². The number of nitrogens with one attached hydrogen (secondary N) is 2. The first-order valence-corrected chi connectivity index (χ1v) is 5.93. The zero-order valence-electron chi connectivity index (χ0n) is 9.16. The van der Waals surface area contributed by atoms with E-state index >= 15 is 0 Å². The van der Waals surface area contributed by atoms with E-state index in [0.29, 0.717) is 12.2 Å². The molecule has 0 aliphatic heterocycles. The third-order valence-electron chi connectivity index (χ3n) is 2.14.